The highest BCUT2D eigenvalue weighted by molar-refractivity contribution is 5.37. The second kappa shape index (κ2) is 9.28. The quantitative estimate of drug-likeness (QED) is 0.707. The van der Waals surface area contributed by atoms with E-state index in [1.165, 1.54) is 29.5 Å². The van der Waals surface area contributed by atoms with Crippen LogP contribution in [0.2, 0.25) is 0 Å². The molecule has 0 saturated carbocycles. The van der Waals surface area contributed by atoms with Crippen molar-refractivity contribution in [2.24, 2.45) is 0 Å². The molecule has 2 aromatic rings. The van der Waals surface area contributed by atoms with E-state index < -0.39 is 0 Å². The number of methoxy groups -OCH3 is 1. The predicted octanol–water partition coefficient (Wildman–Crippen LogP) is 3.72. The van der Waals surface area contributed by atoms with Crippen LogP contribution in [0.4, 0.5) is 0 Å². The lowest BCUT2D eigenvalue weighted by atomic mass is 10.0. The fourth-order valence-electron chi connectivity index (χ4n) is 4.74. The van der Waals surface area contributed by atoms with Crippen LogP contribution >= 0.6 is 0 Å². The van der Waals surface area contributed by atoms with Gasteiger partial charge >= 0.3 is 0 Å². The molecule has 6 nitrogen and oxygen atoms in total. The molecule has 1 aromatic carbocycles. The van der Waals surface area contributed by atoms with E-state index in [4.69, 9.17) is 14.0 Å². The van der Waals surface area contributed by atoms with Gasteiger partial charge in [0.15, 0.2) is 0 Å². The molecule has 1 atom stereocenters. The van der Waals surface area contributed by atoms with E-state index in [9.17, 15) is 0 Å². The second-order valence-corrected chi connectivity index (χ2v) is 8.12. The molecule has 6 heteroatoms. The van der Waals surface area contributed by atoms with Gasteiger partial charge in [-0.1, -0.05) is 18.1 Å². The summed E-state index contributed by atoms with van der Waals surface area (Å²) in [7, 11) is 1.76. The van der Waals surface area contributed by atoms with E-state index in [2.05, 4.69) is 47.0 Å². The number of morpholine rings is 1. The van der Waals surface area contributed by atoms with Crippen molar-refractivity contribution >= 4 is 0 Å². The van der Waals surface area contributed by atoms with Gasteiger partial charge in [-0.25, -0.2) is 0 Å². The number of hydrogen-bond donors (Lipinski definition) is 0. The lowest BCUT2D eigenvalue weighted by Gasteiger charge is -2.28. The van der Waals surface area contributed by atoms with Crippen LogP contribution < -0.4 is 4.74 Å². The van der Waals surface area contributed by atoms with Crippen LogP contribution in [0.1, 0.15) is 54.0 Å². The first-order chi connectivity index (χ1) is 14.2. The van der Waals surface area contributed by atoms with Crippen LogP contribution in [0.15, 0.2) is 22.7 Å². The average Bonchev–Trinajstić information content (AvgIpc) is 3.34. The van der Waals surface area contributed by atoms with E-state index in [1.54, 1.807) is 7.11 Å². The lowest BCUT2D eigenvalue weighted by molar-refractivity contribution is 0.0338. The highest BCUT2D eigenvalue weighted by Crippen LogP contribution is 2.37. The topological polar surface area (TPSA) is 51.0 Å². The van der Waals surface area contributed by atoms with E-state index in [0.717, 1.165) is 69.6 Å². The first-order valence-corrected chi connectivity index (χ1v) is 10.8. The number of rotatable bonds is 7. The fourth-order valence-corrected chi connectivity index (χ4v) is 4.74. The molecule has 0 amide bonds. The third-order valence-corrected chi connectivity index (χ3v) is 6.23. The van der Waals surface area contributed by atoms with Gasteiger partial charge in [0, 0.05) is 49.8 Å². The standard InChI is InChI=1S/C23H33N3O3/c1-4-21-23(17(2)24-29-21)20-6-5-9-26(20)15-18-7-8-22(27-3)19(14-18)16-25-10-12-28-13-11-25/h7-8,14,20H,4-6,9-13,15-16H2,1-3H3. The summed E-state index contributed by atoms with van der Waals surface area (Å²) in [5.41, 5.74) is 4.96. The van der Waals surface area contributed by atoms with Gasteiger partial charge in [-0.2, -0.15) is 0 Å². The monoisotopic (exact) mass is 399 g/mol. The highest BCUT2D eigenvalue weighted by atomic mass is 16.5. The maximum atomic E-state index is 5.65. The Labute approximate surface area is 173 Å². The molecule has 0 N–H and O–H groups in total. The Kier molecular flexibility index (Phi) is 6.53. The SMILES string of the molecule is CCc1onc(C)c1C1CCCN1Cc1ccc(OC)c(CN2CCOCC2)c1. The van der Waals surface area contributed by atoms with Crippen molar-refractivity contribution < 1.29 is 14.0 Å². The largest absolute Gasteiger partial charge is 0.496 e. The molecule has 1 aromatic heterocycles. The summed E-state index contributed by atoms with van der Waals surface area (Å²) in [6.45, 7) is 10.8. The molecule has 0 spiro atoms. The molecule has 158 valence electrons. The number of benzene rings is 1. The van der Waals surface area contributed by atoms with Crippen LogP contribution in [-0.4, -0.2) is 54.9 Å². The summed E-state index contributed by atoms with van der Waals surface area (Å²) in [4.78, 5) is 5.02. The lowest BCUT2D eigenvalue weighted by Crippen LogP contribution is -2.35. The molecule has 0 aliphatic carbocycles. The summed E-state index contributed by atoms with van der Waals surface area (Å²) in [5.74, 6) is 2.02. The Bertz CT molecular complexity index is 814. The van der Waals surface area contributed by atoms with Gasteiger partial charge in [-0.3, -0.25) is 9.80 Å². The molecule has 1 unspecified atom stereocenters. The van der Waals surface area contributed by atoms with Crippen LogP contribution in [0.5, 0.6) is 5.75 Å². The van der Waals surface area contributed by atoms with Gasteiger partial charge in [0.2, 0.25) is 0 Å². The summed E-state index contributed by atoms with van der Waals surface area (Å²) in [5, 5.41) is 4.24. The summed E-state index contributed by atoms with van der Waals surface area (Å²) >= 11 is 0. The Morgan fingerprint density at radius 1 is 1.17 bits per heavy atom. The average molecular weight is 400 g/mol. The summed E-state index contributed by atoms with van der Waals surface area (Å²) < 4.78 is 16.7. The van der Waals surface area contributed by atoms with Crippen molar-refractivity contribution in [2.75, 3.05) is 40.0 Å². The first-order valence-electron chi connectivity index (χ1n) is 10.8. The highest BCUT2D eigenvalue weighted by Gasteiger charge is 2.31. The predicted molar refractivity (Wildman–Crippen MR) is 112 cm³/mol. The first kappa shape index (κ1) is 20.4. The van der Waals surface area contributed by atoms with E-state index in [0.29, 0.717) is 6.04 Å². The minimum atomic E-state index is 0.404. The molecule has 2 aliphatic heterocycles. The van der Waals surface area contributed by atoms with Crippen LogP contribution in [0, 0.1) is 6.92 Å². The Balaban J connectivity index is 1.52. The van der Waals surface area contributed by atoms with Crippen LogP contribution in [-0.2, 0) is 24.2 Å². The summed E-state index contributed by atoms with van der Waals surface area (Å²) in [6, 6.07) is 7.06. The third kappa shape index (κ3) is 4.49. The smallest absolute Gasteiger partial charge is 0.141 e. The molecule has 2 fully saturated rings. The molecule has 29 heavy (non-hydrogen) atoms. The zero-order valence-corrected chi connectivity index (χ0v) is 17.9. The molecule has 4 rings (SSSR count). The van der Waals surface area contributed by atoms with Gasteiger partial charge in [0.05, 0.1) is 26.0 Å². The van der Waals surface area contributed by atoms with Crippen LogP contribution in [0.25, 0.3) is 0 Å². The maximum absolute atomic E-state index is 5.65. The Morgan fingerprint density at radius 3 is 2.76 bits per heavy atom. The zero-order valence-electron chi connectivity index (χ0n) is 17.9. The summed E-state index contributed by atoms with van der Waals surface area (Å²) in [6.07, 6.45) is 3.29. The molecular formula is C23H33N3O3. The molecule has 3 heterocycles. The minimum Gasteiger partial charge on any atom is -0.496 e. The molecule has 0 radical (unpaired) electrons. The van der Waals surface area contributed by atoms with Gasteiger partial charge in [0.25, 0.3) is 0 Å². The van der Waals surface area contributed by atoms with Gasteiger partial charge in [-0.05, 0) is 44.0 Å². The van der Waals surface area contributed by atoms with Crippen molar-refractivity contribution in [3.8, 4) is 5.75 Å². The second-order valence-electron chi connectivity index (χ2n) is 8.12. The number of aromatic nitrogens is 1. The zero-order chi connectivity index (χ0) is 20.2. The van der Waals surface area contributed by atoms with Crippen molar-refractivity contribution in [1.29, 1.82) is 0 Å². The van der Waals surface area contributed by atoms with Gasteiger partial charge in [0.1, 0.15) is 11.5 Å². The van der Waals surface area contributed by atoms with Crippen molar-refractivity contribution in [3.63, 3.8) is 0 Å². The van der Waals surface area contributed by atoms with Crippen LogP contribution in [0.3, 0.4) is 0 Å². The Hall–Kier alpha value is -1.89. The molecule has 0 bridgehead atoms. The van der Waals surface area contributed by atoms with E-state index in [-0.39, 0.29) is 0 Å². The van der Waals surface area contributed by atoms with E-state index >= 15 is 0 Å². The molecule has 2 saturated heterocycles. The van der Waals surface area contributed by atoms with Crippen molar-refractivity contribution in [3.05, 3.63) is 46.3 Å². The fraction of sp³-hybridized carbons (Fsp3) is 0.609. The van der Waals surface area contributed by atoms with E-state index in [1.807, 2.05) is 0 Å². The molecule has 2 aliphatic rings. The van der Waals surface area contributed by atoms with Crippen molar-refractivity contribution in [1.82, 2.24) is 15.0 Å². The molecular weight excluding hydrogens is 366 g/mol. The third-order valence-electron chi connectivity index (χ3n) is 6.23. The number of hydrogen-bond acceptors (Lipinski definition) is 6. The number of ether oxygens (including phenoxy) is 2. The number of likely N-dealkylation sites (tertiary alicyclic amines) is 1. The minimum absolute atomic E-state index is 0.404. The Morgan fingerprint density at radius 2 is 2.00 bits per heavy atom. The van der Waals surface area contributed by atoms with Gasteiger partial charge in [-0.15, -0.1) is 0 Å². The van der Waals surface area contributed by atoms with Crippen molar-refractivity contribution in [2.45, 2.75) is 52.2 Å². The normalized spacial score (nSPS) is 21.0. The maximum Gasteiger partial charge on any atom is 0.141 e. The number of nitrogens with zero attached hydrogens (tertiary/aromatic N) is 3. The van der Waals surface area contributed by atoms with Gasteiger partial charge < -0.3 is 14.0 Å². The number of aryl methyl sites for hydroxylation is 2.